The molecule has 5 rings (SSSR count). The predicted octanol–water partition coefficient (Wildman–Crippen LogP) is 3.38. The molecule has 0 N–H and O–H groups in total. The monoisotopic (exact) mass is 329 g/mol. The van der Waals surface area contributed by atoms with E-state index in [1.165, 1.54) is 16.9 Å². The van der Waals surface area contributed by atoms with Gasteiger partial charge in [-0.1, -0.05) is 12.1 Å². The number of rotatable bonds is 2. The molecule has 1 aromatic carbocycles. The Hall–Kier alpha value is -3.08. The van der Waals surface area contributed by atoms with Gasteiger partial charge in [0.05, 0.1) is 11.4 Å². The van der Waals surface area contributed by atoms with Gasteiger partial charge < -0.3 is 4.57 Å². The van der Waals surface area contributed by atoms with Crippen LogP contribution in [0.5, 0.6) is 0 Å². The maximum absolute atomic E-state index is 4.72. The summed E-state index contributed by atoms with van der Waals surface area (Å²) < 4.78 is 6.21. The van der Waals surface area contributed by atoms with E-state index >= 15 is 0 Å². The van der Waals surface area contributed by atoms with Crippen LogP contribution in [0.3, 0.4) is 0 Å². The first-order chi connectivity index (χ1) is 12.2. The standard InChI is InChI=1S/C20H19N5/c1-23-9-7-16(13-23)20-21-12-17-6-5-14-3-4-15(11-19(14)25(17)20)18-8-10-24(2)22-18/h3-4,7-13H,5-6H2,1-2H3. The molecule has 1 aliphatic heterocycles. The summed E-state index contributed by atoms with van der Waals surface area (Å²) in [5.41, 5.74) is 7.14. The molecule has 25 heavy (non-hydrogen) atoms. The van der Waals surface area contributed by atoms with Crippen molar-refractivity contribution in [3.63, 3.8) is 0 Å². The molecule has 4 aromatic rings. The van der Waals surface area contributed by atoms with Crippen molar-refractivity contribution in [3.05, 3.63) is 66.4 Å². The zero-order chi connectivity index (χ0) is 17.0. The summed E-state index contributed by atoms with van der Waals surface area (Å²) in [4.78, 5) is 4.72. The van der Waals surface area contributed by atoms with Gasteiger partial charge in [-0.25, -0.2) is 4.98 Å². The van der Waals surface area contributed by atoms with Gasteiger partial charge in [-0.05, 0) is 36.6 Å². The zero-order valence-electron chi connectivity index (χ0n) is 14.3. The van der Waals surface area contributed by atoms with Crippen molar-refractivity contribution in [2.45, 2.75) is 12.8 Å². The van der Waals surface area contributed by atoms with Gasteiger partial charge in [0.15, 0.2) is 0 Å². The SMILES string of the molecule is Cn1ccc(-c2ncc3n2-c2cc(-c4ccn(C)n4)ccc2CC3)c1. The summed E-state index contributed by atoms with van der Waals surface area (Å²) in [6, 6.07) is 10.8. The highest BCUT2D eigenvalue weighted by Gasteiger charge is 2.21. The second kappa shape index (κ2) is 5.21. The van der Waals surface area contributed by atoms with Gasteiger partial charge in [-0.2, -0.15) is 5.10 Å². The summed E-state index contributed by atoms with van der Waals surface area (Å²) in [5, 5.41) is 4.55. The lowest BCUT2D eigenvalue weighted by atomic mass is 9.98. The second-order valence-electron chi connectivity index (χ2n) is 6.69. The summed E-state index contributed by atoms with van der Waals surface area (Å²) in [6.07, 6.45) is 10.2. The van der Waals surface area contributed by atoms with Crippen LogP contribution in [0.25, 0.3) is 28.3 Å². The Morgan fingerprint density at radius 2 is 1.88 bits per heavy atom. The number of imidazole rings is 1. The molecule has 0 bridgehead atoms. The van der Waals surface area contributed by atoms with E-state index in [9.17, 15) is 0 Å². The van der Waals surface area contributed by atoms with Crippen molar-refractivity contribution in [2.24, 2.45) is 14.1 Å². The number of benzene rings is 1. The number of aromatic nitrogens is 5. The predicted molar refractivity (Wildman–Crippen MR) is 97.6 cm³/mol. The summed E-state index contributed by atoms with van der Waals surface area (Å²) in [6.45, 7) is 0. The smallest absolute Gasteiger partial charge is 0.146 e. The fraction of sp³-hybridized carbons (Fsp3) is 0.200. The lowest BCUT2D eigenvalue weighted by Gasteiger charge is -2.21. The molecule has 0 amide bonds. The molecule has 5 nitrogen and oxygen atoms in total. The Morgan fingerprint density at radius 3 is 2.64 bits per heavy atom. The highest BCUT2D eigenvalue weighted by molar-refractivity contribution is 5.68. The Balaban J connectivity index is 1.70. The molecule has 1 aliphatic rings. The minimum absolute atomic E-state index is 0.999. The molecule has 0 unspecified atom stereocenters. The van der Waals surface area contributed by atoms with Crippen LogP contribution in [0.15, 0.2) is 55.1 Å². The molecule has 0 saturated heterocycles. The van der Waals surface area contributed by atoms with Crippen molar-refractivity contribution in [2.75, 3.05) is 0 Å². The number of hydrogen-bond acceptors (Lipinski definition) is 2. The first kappa shape index (κ1) is 14.3. The van der Waals surface area contributed by atoms with Gasteiger partial charge >= 0.3 is 0 Å². The van der Waals surface area contributed by atoms with Crippen LogP contribution in [0.4, 0.5) is 0 Å². The van der Waals surface area contributed by atoms with Crippen LogP contribution in [-0.4, -0.2) is 23.9 Å². The molecular formula is C20H19N5. The fourth-order valence-electron chi connectivity index (χ4n) is 3.65. The van der Waals surface area contributed by atoms with E-state index in [-0.39, 0.29) is 0 Å². The number of fused-ring (bicyclic) bond motifs is 3. The highest BCUT2D eigenvalue weighted by Crippen LogP contribution is 2.33. The normalized spacial score (nSPS) is 12.9. The largest absolute Gasteiger partial charge is 0.357 e. The molecule has 0 atom stereocenters. The minimum Gasteiger partial charge on any atom is -0.357 e. The molecule has 124 valence electrons. The van der Waals surface area contributed by atoms with E-state index in [0.29, 0.717) is 0 Å². The fourth-order valence-corrected chi connectivity index (χ4v) is 3.65. The molecule has 5 heteroatoms. The van der Waals surface area contributed by atoms with E-state index in [4.69, 9.17) is 4.98 Å². The maximum Gasteiger partial charge on any atom is 0.146 e. The second-order valence-corrected chi connectivity index (χ2v) is 6.69. The van der Waals surface area contributed by atoms with Gasteiger partial charge in [0.1, 0.15) is 5.82 Å². The van der Waals surface area contributed by atoms with Crippen LogP contribution < -0.4 is 0 Å². The molecule has 0 saturated carbocycles. The van der Waals surface area contributed by atoms with Crippen molar-refractivity contribution in [1.82, 2.24) is 23.9 Å². The van der Waals surface area contributed by atoms with E-state index in [1.54, 1.807) is 0 Å². The minimum atomic E-state index is 0.999. The molecule has 0 fully saturated rings. The first-order valence-corrected chi connectivity index (χ1v) is 8.51. The Labute approximate surface area is 146 Å². The zero-order valence-corrected chi connectivity index (χ0v) is 14.3. The van der Waals surface area contributed by atoms with Gasteiger partial charge in [-0.3, -0.25) is 9.25 Å². The lowest BCUT2D eigenvalue weighted by Crippen LogP contribution is -2.12. The average Bonchev–Trinajstić information content (AvgIpc) is 3.33. The van der Waals surface area contributed by atoms with Crippen molar-refractivity contribution in [3.8, 4) is 28.3 Å². The third kappa shape index (κ3) is 2.23. The van der Waals surface area contributed by atoms with E-state index in [2.05, 4.69) is 57.0 Å². The van der Waals surface area contributed by atoms with Gasteiger partial charge in [-0.15, -0.1) is 0 Å². The van der Waals surface area contributed by atoms with Gasteiger partial charge in [0.25, 0.3) is 0 Å². The lowest BCUT2D eigenvalue weighted by molar-refractivity contribution is 0.770. The van der Waals surface area contributed by atoms with E-state index in [1.807, 2.05) is 31.2 Å². The first-order valence-electron chi connectivity index (χ1n) is 8.51. The quantitative estimate of drug-likeness (QED) is 0.566. The summed E-state index contributed by atoms with van der Waals surface area (Å²) in [7, 11) is 3.99. The molecule has 0 aliphatic carbocycles. The molecular weight excluding hydrogens is 310 g/mol. The molecule has 0 radical (unpaired) electrons. The van der Waals surface area contributed by atoms with E-state index < -0.39 is 0 Å². The number of nitrogens with zero attached hydrogens (tertiary/aromatic N) is 5. The van der Waals surface area contributed by atoms with Crippen molar-refractivity contribution < 1.29 is 0 Å². The number of hydrogen-bond donors (Lipinski definition) is 0. The summed E-state index contributed by atoms with van der Waals surface area (Å²) in [5.74, 6) is 1.01. The van der Waals surface area contributed by atoms with Gasteiger partial charge in [0, 0.05) is 55.7 Å². The topological polar surface area (TPSA) is 40.6 Å². The van der Waals surface area contributed by atoms with E-state index in [0.717, 1.165) is 35.5 Å². The van der Waals surface area contributed by atoms with Crippen LogP contribution >= 0.6 is 0 Å². The van der Waals surface area contributed by atoms with Crippen LogP contribution in [0, 0.1) is 0 Å². The third-order valence-electron chi connectivity index (χ3n) is 4.91. The van der Waals surface area contributed by atoms with Crippen molar-refractivity contribution >= 4 is 0 Å². The molecule has 4 heterocycles. The highest BCUT2D eigenvalue weighted by atomic mass is 15.2. The van der Waals surface area contributed by atoms with Gasteiger partial charge in [0.2, 0.25) is 0 Å². The molecule has 3 aromatic heterocycles. The maximum atomic E-state index is 4.72. The van der Waals surface area contributed by atoms with Crippen LogP contribution in [0.2, 0.25) is 0 Å². The molecule has 0 spiro atoms. The Bertz CT molecular complexity index is 1080. The van der Waals surface area contributed by atoms with Crippen LogP contribution in [0.1, 0.15) is 11.3 Å². The number of aryl methyl sites for hydroxylation is 4. The third-order valence-corrected chi connectivity index (χ3v) is 4.91. The van der Waals surface area contributed by atoms with Crippen LogP contribution in [-0.2, 0) is 26.9 Å². The Kier molecular flexibility index (Phi) is 2.98. The average molecular weight is 329 g/mol. The van der Waals surface area contributed by atoms with Crippen molar-refractivity contribution in [1.29, 1.82) is 0 Å². The summed E-state index contributed by atoms with van der Waals surface area (Å²) >= 11 is 0. The Morgan fingerprint density at radius 1 is 0.960 bits per heavy atom.